The average molecular weight is 208 g/mol. The summed E-state index contributed by atoms with van der Waals surface area (Å²) in [6.45, 7) is 5.60. The molecule has 0 saturated carbocycles. The van der Waals surface area contributed by atoms with Gasteiger partial charge in [-0.15, -0.1) is 0 Å². The Morgan fingerprint density at radius 3 is 2.47 bits per heavy atom. The summed E-state index contributed by atoms with van der Waals surface area (Å²) in [5.74, 6) is -0.00833. The molecule has 0 radical (unpaired) electrons. The second-order valence-corrected chi connectivity index (χ2v) is 3.97. The van der Waals surface area contributed by atoms with E-state index in [1.807, 2.05) is 26.8 Å². The minimum atomic E-state index is -0.346. The third-order valence-corrected chi connectivity index (χ3v) is 2.66. The molecule has 1 aromatic rings. The Kier molecular flexibility index (Phi) is 3.42. The lowest BCUT2D eigenvalue weighted by molar-refractivity contribution is -0.385. The molecule has 1 aromatic carbocycles. The minimum Gasteiger partial charge on any atom is -0.327 e. The van der Waals surface area contributed by atoms with Crippen LogP contribution in [-0.2, 0) is 0 Å². The van der Waals surface area contributed by atoms with E-state index in [9.17, 15) is 10.1 Å². The molecule has 0 aliphatic heterocycles. The lowest BCUT2D eigenvalue weighted by Crippen LogP contribution is -2.23. The van der Waals surface area contributed by atoms with Crippen molar-refractivity contribution in [1.29, 1.82) is 0 Å². The van der Waals surface area contributed by atoms with Crippen molar-refractivity contribution < 1.29 is 4.92 Å². The molecule has 0 spiro atoms. The summed E-state index contributed by atoms with van der Waals surface area (Å²) in [5.41, 5.74) is 7.52. The molecule has 0 amide bonds. The van der Waals surface area contributed by atoms with Crippen LogP contribution < -0.4 is 5.73 Å². The van der Waals surface area contributed by atoms with E-state index < -0.39 is 0 Å². The number of nitrogens with zero attached hydrogens (tertiary/aromatic N) is 1. The number of nitro groups is 1. The summed E-state index contributed by atoms with van der Waals surface area (Å²) in [5, 5.41) is 10.9. The van der Waals surface area contributed by atoms with Crippen molar-refractivity contribution in [2.75, 3.05) is 0 Å². The van der Waals surface area contributed by atoms with Crippen molar-refractivity contribution in [3.8, 4) is 0 Å². The predicted octanol–water partition coefficient (Wildman–Crippen LogP) is 2.35. The zero-order valence-corrected chi connectivity index (χ0v) is 9.23. The molecule has 82 valence electrons. The molecule has 0 aliphatic rings. The van der Waals surface area contributed by atoms with Gasteiger partial charge in [0, 0.05) is 23.6 Å². The monoisotopic (exact) mass is 208 g/mol. The van der Waals surface area contributed by atoms with Gasteiger partial charge in [0.15, 0.2) is 0 Å². The van der Waals surface area contributed by atoms with Gasteiger partial charge in [-0.3, -0.25) is 10.1 Å². The zero-order chi connectivity index (χ0) is 11.6. The standard InChI is InChI=1S/C11H16N2O2/c1-7-4-5-10(8(2)9(3)12)11(6-7)13(14)15/h4-6,8-9H,12H2,1-3H3. The molecular weight excluding hydrogens is 192 g/mol. The summed E-state index contributed by atoms with van der Waals surface area (Å²) >= 11 is 0. The van der Waals surface area contributed by atoms with E-state index in [1.54, 1.807) is 12.1 Å². The van der Waals surface area contributed by atoms with Crippen molar-refractivity contribution >= 4 is 5.69 Å². The van der Waals surface area contributed by atoms with Crippen molar-refractivity contribution in [2.45, 2.75) is 32.7 Å². The summed E-state index contributed by atoms with van der Waals surface area (Å²) in [6, 6.07) is 5.17. The molecular formula is C11H16N2O2. The van der Waals surface area contributed by atoms with Gasteiger partial charge in [-0.1, -0.05) is 19.1 Å². The molecule has 15 heavy (non-hydrogen) atoms. The topological polar surface area (TPSA) is 69.2 Å². The van der Waals surface area contributed by atoms with E-state index >= 15 is 0 Å². The first kappa shape index (κ1) is 11.7. The molecule has 2 atom stereocenters. The van der Waals surface area contributed by atoms with Crippen LogP contribution in [0.25, 0.3) is 0 Å². The second kappa shape index (κ2) is 4.40. The third kappa shape index (κ3) is 2.53. The summed E-state index contributed by atoms with van der Waals surface area (Å²) in [7, 11) is 0. The van der Waals surface area contributed by atoms with Crippen LogP contribution in [-0.4, -0.2) is 11.0 Å². The number of benzene rings is 1. The van der Waals surface area contributed by atoms with Crippen LogP contribution in [0.2, 0.25) is 0 Å². The predicted molar refractivity (Wildman–Crippen MR) is 59.9 cm³/mol. The van der Waals surface area contributed by atoms with Crippen molar-refractivity contribution in [1.82, 2.24) is 0 Å². The van der Waals surface area contributed by atoms with E-state index in [0.29, 0.717) is 5.56 Å². The highest BCUT2D eigenvalue weighted by molar-refractivity contribution is 5.45. The zero-order valence-electron chi connectivity index (χ0n) is 9.23. The maximum atomic E-state index is 10.9. The fourth-order valence-electron chi connectivity index (χ4n) is 1.48. The fraction of sp³-hybridized carbons (Fsp3) is 0.455. The molecule has 0 aromatic heterocycles. The third-order valence-electron chi connectivity index (χ3n) is 2.66. The number of nitrogens with two attached hydrogens (primary N) is 1. The molecule has 4 heteroatoms. The molecule has 0 bridgehead atoms. The fourth-order valence-corrected chi connectivity index (χ4v) is 1.48. The SMILES string of the molecule is Cc1ccc(C(C)C(C)N)c([N+](=O)[O-])c1. The Bertz CT molecular complexity index is 375. The van der Waals surface area contributed by atoms with E-state index in [4.69, 9.17) is 5.73 Å². The number of hydrogen-bond donors (Lipinski definition) is 1. The van der Waals surface area contributed by atoms with Gasteiger partial charge in [0.2, 0.25) is 0 Å². The quantitative estimate of drug-likeness (QED) is 0.612. The molecule has 0 heterocycles. The first-order valence-corrected chi connectivity index (χ1v) is 4.94. The number of nitro benzene ring substituents is 1. The normalized spacial score (nSPS) is 14.7. The Hall–Kier alpha value is -1.42. The lowest BCUT2D eigenvalue weighted by atomic mass is 9.93. The Morgan fingerprint density at radius 1 is 1.40 bits per heavy atom. The largest absolute Gasteiger partial charge is 0.327 e. The van der Waals surface area contributed by atoms with Gasteiger partial charge in [-0.25, -0.2) is 0 Å². The van der Waals surface area contributed by atoms with Crippen molar-refractivity contribution in [2.24, 2.45) is 5.73 Å². The first-order chi connectivity index (χ1) is 6.93. The van der Waals surface area contributed by atoms with Crippen molar-refractivity contribution in [3.05, 3.63) is 39.4 Å². The molecule has 0 aliphatic carbocycles. The van der Waals surface area contributed by atoms with Crippen LogP contribution >= 0.6 is 0 Å². The van der Waals surface area contributed by atoms with Crippen LogP contribution in [0.3, 0.4) is 0 Å². The minimum absolute atomic E-state index is 0.00833. The molecule has 1 rings (SSSR count). The molecule has 4 nitrogen and oxygen atoms in total. The van der Waals surface area contributed by atoms with Crippen LogP contribution in [0.15, 0.2) is 18.2 Å². The molecule has 0 fully saturated rings. The van der Waals surface area contributed by atoms with Gasteiger partial charge < -0.3 is 5.73 Å². The van der Waals surface area contributed by atoms with E-state index in [2.05, 4.69) is 0 Å². The maximum absolute atomic E-state index is 10.9. The molecule has 2 unspecified atom stereocenters. The summed E-state index contributed by atoms with van der Waals surface area (Å²) < 4.78 is 0. The lowest BCUT2D eigenvalue weighted by Gasteiger charge is -2.16. The van der Waals surface area contributed by atoms with Gasteiger partial charge >= 0.3 is 0 Å². The smallest absolute Gasteiger partial charge is 0.273 e. The highest BCUT2D eigenvalue weighted by Gasteiger charge is 2.21. The van der Waals surface area contributed by atoms with Crippen LogP contribution in [0.5, 0.6) is 0 Å². The van der Waals surface area contributed by atoms with Gasteiger partial charge in [0.25, 0.3) is 5.69 Å². The number of hydrogen-bond acceptors (Lipinski definition) is 3. The molecule has 2 N–H and O–H groups in total. The summed E-state index contributed by atoms with van der Waals surface area (Å²) in [6.07, 6.45) is 0. The maximum Gasteiger partial charge on any atom is 0.273 e. The van der Waals surface area contributed by atoms with E-state index in [0.717, 1.165) is 5.56 Å². The van der Waals surface area contributed by atoms with Crippen LogP contribution in [0, 0.1) is 17.0 Å². The summed E-state index contributed by atoms with van der Waals surface area (Å²) in [4.78, 5) is 10.5. The van der Waals surface area contributed by atoms with Crippen LogP contribution in [0.4, 0.5) is 5.69 Å². The van der Waals surface area contributed by atoms with Gasteiger partial charge in [-0.2, -0.15) is 0 Å². The highest BCUT2D eigenvalue weighted by atomic mass is 16.6. The van der Waals surface area contributed by atoms with Crippen LogP contribution in [0.1, 0.15) is 30.9 Å². The Morgan fingerprint density at radius 2 is 2.00 bits per heavy atom. The highest BCUT2D eigenvalue weighted by Crippen LogP contribution is 2.28. The van der Waals surface area contributed by atoms with Gasteiger partial charge in [0.05, 0.1) is 4.92 Å². The van der Waals surface area contributed by atoms with Gasteiger partial charge in [-0.05, 0) is 19.4 Å². The Balaban J connectivity index is 3.22. The second-order valence-electron chi connectivity index (χ2n) is 3.97. The van der Waals surface area contributed by atoms with E-state index in [1.165, 1.54) is 0 Å². The number of rotatable bonds is 3. The Labute approximate surface area is 89.2 Å². The first-order valence-electron chi connectivity index (χ1n) is 4.94. The van der Waals surface area contributed by atoms with Crippen molar-refractivity contribution in [3.63, 3.8) is 0 Å². The van der Waals surface area contributed by atoms with E-state index in [-0.39, 0.29) is 22.6 Å². The average Bonchev–Trinajstić information content (AvgIpc) is 2.16. The molecule has 0 saturated heterocycles. The number of aryl methyl sites for hydroxylation is 1. The van der Waals surface area contributed by atoms with Gasteiger partial charge in [0.1, 0.15) is 0 Å².